The number of carbonyl (C=O) groups is 1. The summed E-state index contributed by atoms with van der Waals surface area (Å²) in [4.78, 5) is 12.4. The fourth-order valence-electron chi connectivity index (χ4n) is 2.61. The Morgan fingerprint density at radius 1 is 0.964 bits per heavy atom. The quantitative estimate of drug-likeness (QED) is 0.425. The predicted octanol–water partition coefficient (Wildman–Crippen LogP) is 5.17. The first-order valence-corrected chi connectivity index (χ1v) is 10.1. The fourth-order valence-corrected chi connectivity index (χ4v) is 2.82. The number of amides is 1. The smallest absolute Gasteiger partial charge is 0.257 e. The summed E-state index contributed by atoms with van der Waals surface area (Å²) < 4.78 is 11.2. The minimum atomic E-state index is -0.289. The van der Waals surface area contributed by atoms with Gasteiger partial charge in [-0.1, -0.05) is 38.3 Å². The summed E-state index contributed by atoms with van der Waals surface area (Å²) in [5, 5.41) is 5.94. The van der Waals surface area contributed by atoms with E-state index in [1.807, 2.05) is 37.3 Å². The van der Waals surface area contributed by atoms with Crippen LogP contribution in [0.5, 0.6) is 11.5 Å². The molecule has 0 aromatic heterocycles. The van der Waals surface area contributed by atoms with Gasteiger partial charge in [-0.2, -0.15) is 0 Å². The molecule has 1 amide bonds. The van der Waals surface area contributed by atoms with Crippen molar-refractivity contribution in [2.45, 2.75) is 39.5 Å². The van der Waals surface area contributed by atoms with Gasteiger partial charge in [-0.3, -0.25) is 10.1 Å². The molecule has 150 valence electrons. The van der Waals surface area contributed by atoms with Crippen molar-refractivity contribution in [2.24, 2.45) is 0 Å². The Labute approximate surface area is 172 Å². The Kier molecular flexibility index (Phi) is 9.28. The van der Waals surface area contributed by atoms with Gasteiger partial charge in [-0.25, -0.2) is 0 Å². The number of carbonyl (C=O) groups excluding carboxylic acids is 1. The largest absolute Gasteiger partial charge is 0.494 e. The Morgan fingerprint density at radius 2 is 1.71 bits per heavy atom. The number of unbranched alkanes of at least 4 members (excludes halogenated alkanes) is 3. The van der Waals surface area contributed by atoms with E-state index in [2.05, 4.69) is 17.6 Å². The summed E-state index contributed by atoms with van der Waals surface area (Å²) in [6.07, 6.45) is 4.65. The average molecular weight is 401 g/mol. The van der Waals surface area contributed by atoms with E-state index in [9.17, 15) is 4.79 Å². The molecule has 0 aliphatic carbocycles. The van der Waals surface area contributed by atoms with E-state index < -0.39 is 0 Å². The number of hydrogen-bond acceptors (Lipinski definition) is 4. The number of nitrogens with one attached hydrogen (secondary N) is 2. The highest BCUT2D eigenvalue weighted by atomic mass is 32.1. The van der Waals surface area contributed by atoms with Gasteiger partial charge in [0.25, 0.3) is 5.91 Å². The molecule has 2 rings (SSSR count). The summed E-state index contributed by atoms with van der Waals surface area (Å²) in [7, 11) is 0. The van der Waals surface area contributed by atoms with Crippen LogP contribution in [0, 0.1) is 0 Å². The van der Waals surface area contributed by atoms with Crippen molar-refractivity contribution >= 4 is 28.9 Å². The number of ether oxygens (including phenoxy) is 2. The summed E-state index contributed by atoms with van der Waals surface area (Å²) >= 11 is 5.26. The van der Waals surface area contributed by atoms with Crippen LogP contribution in [-0.2, 0) is 0 Å². The maximum absolute atomic E-state index is 12.4. The van der Waals surface area contributed by atoms with Crippen LogP contribution in [0.2, 0.25) is 0 Å². The van der Waals surface area contributed by atoms with Crippen LogP contribution in [0.15, 0.2) is 48.5 Å². The van der Waals surface area contributed by atoms with Crippen LogP contribution in [-0.4, -0.2) is 24.2 Å². The molecule has 5 nitrogen and oxygen atoms in total. The zero-order valence-corrected chi connectivity index (χ0v) is 17.3. The van der Waals surface area contributed by atoms with E-state index in [0.29, 0.717) is 24.5 Å². The second-order valence-electron chi connectivity index (χ2n) is 6.31. The average Bonchev–Trinajstić information content (AvgIpc) is 2.68. The second-order valence-corrected chi connectivity index (χ2v) is 6.71. The van der Waals surface area contributed by atoms with Gasteiger partial charge in [0.15, 0.2) is 5.11 Å². The van der Waals surface area contributed by atoms with E-state index >= 15 is 0 Å². The molecular weight excluding hydrogens is 372 g/mol. The molecule has 0 aliphatic heterocycles. The van der Waals surface area contributed by atoms with Crippen molar-refractivity contribution in [3.05, 3.63) is 54.1 Å². The zero-order chi connectivity index (χ0) is 20.2. The minimum absolute atomic E-state index is 0.229. The third-order valence-corrected chi connectivity index (χ3v) is 4.20. The van der Waals surface area contributed by atoms with Crippen LogP contribution < -0.4 is 20.1 Å². The van der Waals surface area contributed by atoms with Crippen LogP contribution in [0.1, 0.15) is 49.9 Å². The van der Waals surface area contributed by atoms with Crippen LogP contribution in [0.4, 0.5) is 5.69 Å². The molecule has 28 heavy (non-hydrogen) atoms. The van der Waals surface area contributed by atoms with E-state index in [1.165, 1.54) is 19.3 Å². The molecule has 0 saturated carbocycles. The van der Waals surface area contributed by atoms with Gasteiger partial charge in [-0.15, -0.1) is 0 Å². The van der Waals surface area contributed by atoms with Gasteiger partial charge in [0.2, 0.25) is 0 Å². The molecule has 2 N–H and O–H groups in total. The van der Waals surface area contributed by atoms with Crippen LogP contribution in [0.3, 0.4) is 0 Å². The first kappa shape index (κ1) is 21.7. The number of hydrogen-bond donors (Lipinski definition) is 2. The number of thiocarbonyl (C=S) groups is 1. The molecule has 0 spiro atoms. The van der Waals surface area contributed by atoms with Crippen molar-refractivity contribution < 1.29 is 14.3 Å². The second kappa shape index (κ2) is 12.0. The molecule has 0 bridgehead atoms. The van der Waals surface area contributed by atoms with Gasteiger partial charge in [0.05, 0.1) is 13.2 Å². The molecule has 0 heterocycles. The molecule has 0 atom stereocenters. The molecule has 0 unspecified atom stereocenters. The Balaban J connectivity index is 1.86. The van der Waals surface area contributed by atoms with E-state index in [1.54, 1.807) is 18.2 Å². The lowest BCUT2D eigenvalue weighted by Crippen LogP contribution is -2.34. The lowest BCUT2D eigenvalue weighted by atomic mass is 10.2. The zero-order valence-electron chi connectivity index (χ0n) is 16.5. The topological polar surface area (TPSA) is 59.6 Å². The van der Waals surface area contributed by atoms with Crippen molar-refractivity contribution in [2.75, 3.05) is 18.5 Å². The van der Waals surface area contributed by atoms with Crippen molar-refractivity contribution in [3.63, 3.8) is 0 Å². The molecular formula is C22H28N2O3S. The normalized spacial score (nSPS) is 10.2. The molecule has 2 aromatic carbocycles. The third-order valence-electron chi connectivity index (χ3n) is 3.99. The van der Waals surface area contributed by atoms with Gasteiger partial charge < -0.3 is 14.8 Å². The highest BCUT2D eigenvalue weighted by Crippen LogP contribution is 2.18. The monoisotopic (exact) mass is 400 g/mol. The van der Waals surface area contributed by atoms with Gasteiger partial charge >= 0.3 is 0 Å². The lowest BCUT2D eigenvalue weighted by Gasteiger charge is -2.12. The van der Waals surface area contributed by atoms with Crippen LogP contribution in [0.25, 0.3) is 0 Å². The SMILES string of the molecule is CCCCCCOc1cccc(NC(=S)NC(=O)c2cccc(OCC)c2)c1. The molecule has 0 radical (unpaired) electrons. The van der Waals surface area contributed by atoms with Gasteiger partial charge in [0, 0.05) is 17.3 Å². The highest BCUT2D eigenvalue weighted by Gasteiger charge is 2.09. The predicted molar refractivity (Wildman–Crippen MR) is 117 cm³/mol. The van der Waals surface area contributed by atoms with Crippen molar-refractivity contribution in [1.82, 2.24) is 5.32 Å². The summed E-state index contributed by atoms with van der Waals surface area (Å²) in [6, 6.07) is 14.5. The number of anilines is 1. The first-order chi connectivity index (χ1) is 13.6. The summed E-state index contributed by atoms with van der Waals surface area (Å²) in [5.74, 6) is 1.14. The molecule has 0 saturated heterocycles. The Hall–Kier alpha value is -2.60. The fraction of sp³-hybridized carbons (Fsp3) is 0.364. The van der Waals surface area contributed by atoms with Crippen molar-refractivity contribution in [1.29, 1.82) is 0 Å². The first-order valence-electron chi connectivity index (χ1n) is 9.70. The standard InChI is InChI=1S/C22H28N2O3S/c1-3-5-6-7-14-27-20-13-9-11-18(16-20)23-22(28)24-21(25)17-10-8-12-19(15-17)26-4-2/h8-13,15-16H,3-7,14H2,1-2H3,(H2,23,24,25,28). The molecule has 6 heteroatoms. The molecule has 0 fully saturated rings. The van der Waals surface area contributed by atoms with E-state index in [-0.39, 0.29) is 11.0 Å². The molecule has 0 aliphatic rings. The van der Waals surface area contributed by atoms with Crippen molar-refractivity contribution in [3.8, 4) is 11.5 Å². The molecule has 2 aromatic rings. The summed E-state index contributed by atoms with van der Waals surface area (Å²) in [6.45, 7) is 5.32. The van der Waals surface area contributed by atoms with E-state index in [4.69, 9.17) is 21.7 Å². The minimum Gasteiger partial charge on any atom is -0.494 e. The number of benzene rings is 2. The highest BCUT2D eigenvalue weighted by molar-refractivity contribution is 7.80. The van der Waals surface area contributed by atoms with Gasteiger partial charge in [-0.05, 0) is 55.9 Å². The summed E-state index contributed by atoms with van der Waals surface area (Å²) in [5.41, 5.74) is 1.25. The maximum atomic E-state index is 12.4. The Morgan fingerprint density at radius 3 is 2.46 bits per heavy atom. The number of rotatable bonds is 10. The van der Waals surface area contributed by atoms with E-state index in [0.717, 1.165) is 17.9 Å². The van der Waals surface area contributed by atoms with Crippen LogP contribution >= 0.6 is 12.2 Å². The maximum Gasteiger partial charge on any atom is 0.257 e. The Bertz CT molecular complexity index is 780. The van der Waals surface area contributed by atoms with Gasteiger partial charge in [0.1, 0.15) is 11.5 Å². The third kappa shape index (κ3) is 7.56. The lowest BCUT2D eigenvalue weighted by molar-refractivity contribution is 0.0977.